The number of nitrogens with zero attached hydrogens (tertiary/aromatic N) is 7. The average Bonchev–Trinajstić information content (AvgIpc) is 3.71. The Hall–Kier alpha value is -5.22. The third-order valence-electron chi connectivity index (χ3n) is 7.32. The number of esters is 1. The van der Waals surface area contributed by atoms with Crippen molar-refractivity contribution in [3.05, 3.63) is 65.0 Å². The molecule has 0 saturated carbocycles. The van der Waals surface area contributed by atoms with E-state index < -0.39 is 35.2 Å². The first-order valence-electron chi connectivity index (χ1n) is 15.0. The summed E-state index contributed by atoms with van der Waals surface area (Å²) in [5.41, 5.74) is 0.662. The molecule has 1 aliphatic heterocycles. The number of rotatable bonds is 9. The predicted octanol–water partition coefficient (Wildman–Crippen LogP) is 2.59. The molecule has 15 nitrogen and oxygen atoms in total. The van der Waals surface area contributed by atoms with Gasteiger partial charge in [-0.25, -0.2) is 14.2 Å². The summed E-state index contributed by atoms with van der Waals surface area (Å²) in [6.45, 7) is 7.51. The lowest BCUT2D eigenvalue weighted by Gasteiger charge is -2.33. The van der Waals surface area contributed by atoms with Crippen molar-refractivity contribution < 1.29 is 28.3 Å². The maximum Gasteiger partial charge on any atom is 0.374 e. The van der Waals surface area contributed by atoms with Crippen LogP contribution in [0.3, 0.4) is 0 Å². The maximum absolute atomic E-state index is 15.0. The molecule has 17 heteroatoms. The van der Waals surface area contributed by atoms with E-state index in [4.69, 9.17) is 16.3 Å². The van der Waals surface area contributed by atoms with Crippen LogP contribution in [0.25, 0.3) is 22.8 Å². The molecule has 0 aliphatic carbocycles. The monoisotopic (exact) mass is 680 g/mol. The second-order valence-electron chi connectivity index (χ2n) is 12.1. The number of aromatic nitrogens is 6. The van der Waals surface area contributed by atoms with Gasteiger partial charge in [0, 0.05) is 43.5 Å². The van der Waals surface area contributed by atoms with Gasteiger partial charge in [-0.1, -0.05) is 11.6 Å². The predicted molar refractivity (Wildman–Crippen MR) is 174 cm³/mol. The number of tetrazole rings is 1. The molecule has 1 atom stereocenters. The van der Waals surface area contributed by atoms with Gasteiger partial charge >= 0.3 is 5.97 Å². The highest BCUT2D eigenvalue weighted by Crippen LogP contribution is 2.25. The lowest BCUT2D eigenvalue weighted by atomic mass is 10.1. The van der Waals surface area contributed by atoms with Gasteiger partial charge in [0.05, 0.1) is 28.2 Å². The van der Waals surface area contributed by atoms with Crippen LogP contribution in [0.4, 0.5) is 10.1 Å². The van der Waals surface area contributed by atoms with Crippen molar-refractivity contribution in [3.63, 3.8) is 0 Å². The summed E-state index contributed by atoms with van der Waals surface area (Å²) in [7, 11) is 1.95. The minimum absolute atomic E-state index is 0.00233. The number of piperazine rings is 1. The summed E-state index contributed by atoms with van der Waals surface area (Å²) >= 11 is 5.99. The summed E-state index contributed by atoms with van der Waals surface area (Å²) in [5, 5.41) is 16.0. The summed E-state index contributed by atoms with van der Waals surface area (Å²) in [6, 6.07) is 6.25. The van der Waals surface area contributed by atoms with Gasteiger partial charge in [0.25, 0.3) is 0 Å². The topological polar surface area (TPSA) is 180 Å². The lowest BCUT2D eigenvalue weighted by molar-refractivity contribution is -0.135. The van der Waals surface area contributed by atoms with Gasteiger partial charge < -0.3 is 30.2 Å². The second kappa shape index (κ2) is 14.3. The van der Waals surface area contributed by atoms with Crippen molar-refractivity contribution in [2.75, 3.05) is 38.5 Å². The number of hydrogen-bond acceptors (Lipinski definition) is 10. The van der Waals surface area contributed by atoms with E-state index in [0.717, 1.165) is 6.08 Å². The Labute approximate surface area is 279 Å². The molecule has 1 fully saturated rings. The molecular weight excluding hydrogens is 647 g/mol. The quantitative estimate of drug-likeness (QED) is 0.176. The minimum atomic E-state index is -1.30. The Morgan fingerprint density at radius 1 is 1.12 bits per heavy atom. The van der Waals surface area contributed by atoms with Gasteiger partial charge in [0.2, 0.25) is 23.5 Å². The number of carbonyl (C=O) groups excluding carboxylic acids is 4. The zero-order valence-electron chi connectivity index (χ0n) is 26.7. The molecule has 1 aliphatic rings. The standard InChI is InChI=1S/C31H34ClFN10O5/c1-31(2,3)48-30(47)28-37-21-8-5-18(15-22(21)38-28)35-29(46)23(16-26(45)42-13-11-41(4)12-14-42)36-25(44)10-6-19-24(43-17-34-39-40-43)9-7-20(32)27(19)33/h5-10,15,17,23H,11-14,16H2,1-4H3,(H,35,46)(H,36,44)(H,37,38)/b10-6+/t23-/m0/s1. The van der Waals surface area contributed by atoms with Gasteiger partial charge in [0.1, 0.15) is 18.0 Å². The number of imidazole rings is 1. The van der Waals surface area contributed by atoms with Crippen LogP contribution in [0.5, 0.6) is 0 Å². The van der Waals surface area contributed by atoms with Crippen molar-refractivity contribution in [1.29, 1.82) is 0 Å². The first-order valence-corrected chi connectivity index (χ1v) is 15.4. The number of hydrogen-bond donors (Lipinski definition) is 3. The fourth-order valence-electron chi connectivity index (χ4n) is 4.87. The molecule has 0 unspecified atom stereocenters. The molecule has 0 bridgehead atoms. The Kier molecular flexibility index (Phi) is 10.1. The number of halogens is 2. The van der Waals surface area contributed by atoms with Gasteiger partial charge in [-0.2, -0.15) is 4.68 Å². The van der Waals surface area contributed by atoms with Crippen molar-refractivity contribution in [3.8, 4) is 5.69 Å². The second-order valence-corrected chi connectivity index (χ2v) is 12.5. The third-order valence-corrected chi connectivity index (χ3v) is 7.61. The first kappa shape index (κ1) is 34.1. The number of H-pyrrole nitrogens is 1. The van der Waals surface area contributed by atoms with E-state index >= 15 is 4.39 Å². The minimum Gasteiger partial charge on any atom is -0.454 e. The normalized spacial score (nSPS) is 14.7. The van der Waals surface area contributed by atoms with Crippen LogP contribution in [-0.4, -0.2) is 109 Å². The number of carbonyl (C=O) groups is 4. The lowest BCUT2D eigenvalue weighted by Crippen LogP contribution is -2.51. The molecule has 0 spiro atoms. The van der Waals surface area contributed by atoms with E-state index in [1.54, 1.807) is 43.9 Å². The zero-order chi connectivity index (χ0) is 34.6. The van der Waals surface area contributed by atoms with Gasteiger partial charge in [-0.15, -0.1) is 5.10 Å². The first-order chi connectivity index (χ1) is 22.8. The molecule has 3 N–H and O–H groups in total. The summed E-state index contributed by atoms with van der Waals surface area (Å²) < 4.78 is 21.6. The number of anilines is 1. The van der Waals surface area contributed by atoms with Crippen molar-refractivity contribution in [2.45, 2.75) is 38.8 Å². The molecule has 3 heterocycles. The largest absolute Gasteiger partial charge is 0.454 e. The third kappa shape index (κ3) is 8.38. The molecule has 4 aromatic rings. The molecular formula is C31H34ClFN10O5. The number of fused-ring (bicyclic) bond motifs is 1. The fourth-order valence-corrected chi connectivity index (χ4v) is 5.04. The Morgan fingerprint density at radius 3 is 2.56 bits per heavy atom. The highest BCUT2D eigenvalue weighted by atomic mass is 35.5. The van der Waals surface area contributed by atoms with Crippen molar-refractivity contribution in [2.24, 2.45) is 0 Å². The van der Waals surface area contributed by atoms with Gasteiger partial charge in [-0.3, -0.25) is 14.4 Å². The van der Waals surface area contributed by atoms with Crippen LogP contribution >= 0.6 is 11.6 Å². The SMILES string of the molecule is CN1CCN(C(=O)C[C@H](NC(=O)/C=C/c2c(-n3cnnn3)ccc(Cl)c2F)C(=O)Nc2ccc3nc(C(=O)OC(C)(C)C)[nH]c3c2)CC1. The number of amides is 3. The summed E-state index contributed by atoms with van der Waals surface area (Å²) in [5.74, 6) is -3.21. The van der Waals surface area contributed by atoms with Gasteiger partial charge in [-0.05, 0) is 74.7 Å². The van der Waals surface area contributed by atoms with Gasteiger partial charge in [0.15, 0.2) is 5.82 Å². The van der Waals surface area contributed by atoms with E-state index in [9.17, 15) is 19.2 Å². The molecule has 3 amide bonds. The number of benzene rings is 2. The number of ether oxygens (including phenoxy) is 1. The maximum atomic E-state index is 15.0. The molecule has 5 rings (SSSR count). The zero-order valence-corrected chi connectivity index (χ0v) is 27.4. The van der Waals surface area contributed by atoms with Crippen molar-refractivity contribution >= 4 is 58.1 Å². The summed E-state index contributed by atoms with van der Waals surface area (Å²) in [6.07, 6.45) is 3.13. The molecule has 2 aromatic carbocycles. The highest BCUT2D eigenvalue weighted by Gasteiger charge is 2.28. The molecule has 252 valence electrons. The van der Waals surface area contributed by atoms with Crippen LogP contribution in [0.15, 0.2) is 42.7 Å². The average molecular weight is 681 g/mol. The van der Waals surface area contributed by atoms with Crippen LogP contribution in [0, 0.1) is 5.82 Å². The molecule has 1 saturated heterocycles. The van der Waals surface area contributed by atoms with Crippen LogP contribution < -0.4 is 10.6 Å². The van der Waals surface area contributed by atoms with Crippen LogP contribution in [-0.2, 0) is 19.1 Å². The smallest absolute Gasteiger partial charge is 0.374 e. The Morgan fingerprint density at radius 2 is 1.88 bits per heavy atom. The van der Waals surface area contributed by atoms with E-state index in [-0.39, 0.29) is 34.4 Å². The molecule has 2 aromatic heterocycles. The van der Waals surface area contributed by atoms with Crippen molar-refractivity contribution in [1.82, 2.24) is 45.3 Å². The number of aromatic amines is 1. The van der Waals surface area contributed by atoms with E-state index in [1.807, 2.05) is 7.05 Å². The van der Waals surface area contributed by atoms with E-state index in [2.05, 4.69) is 41.0 Å². The summed E-state index contributed by atoms with van der Waals surface area (Å²) in [4.78, 5) is 63.3. The number of nitrogens with one attached hydrogen (secondary N) is 3. The Balaban J connectivity index is 1.35. The van der Waals surface area contributed by atoms with E-state index in [1.165, 1.54) is 29.2 Å². The molecule has 0 radical (unpaired) electrons. The fraction of sp³-hybridized carbons (Fsp3) is 0.355. The van der Waals surface area contributed by atoms with Crippen LogP contribution in [0.2, 0.25) is 5.02 Å². The Bertz CT molecular complexity index is 1860. The van der Waals surface area contributed by atoms with E-state index in [0.29, 0.717) is 42.9 Å². The van der Waals surface area contributed by atoms with Crippen LogP contribution in [0.1, 0.15) is 43.4 Å². The molecule has 48 heavy (non-hydrogen) atoms. The number of likely N-dealkylation sites (N-methyl/N-ethyl adjacent to an activating group) is 1. The highest BCUT2D eigenvalue weighted by molar-refractivity contribution is 6.31.